The minimum Gasteiger partial charge on any atom is -0.484 e. The highest BCUT2D eigenvalue weighted by Gasteiger charge is 2.31. The average molecular weight is 489 g/mol. The van der Waals surface area contributed by atoms with Gasteiger partial charge in [-0.05, 0) is 81.0 Å². The van der Waals surface area contributed by atoms with Crippen molar-refractivity contribution >= 4 is 28.3 Å². The van der Waals surface area contributed by atoms with Gasteiger partial charge in [-0.15, -0.1) is 13.2 Å². The Morgan fingerprint density at radius 3 is 2.51 bits per heavy atom. The number of ether oxygens (including phenoxy) is 2. The molecule has 4 rings (SSSR count). The van der Waals surface area contributed by atoms with Crippen molar-refractivity contribution in [2.75, 3.05) is 50.1 Å². The zero-order chi connectivity index (χ0) is 25.0. The van der Waals surface area contributed by atoms with E-state index < -0.39 is 12.3 Å². The first-order valence-corrected chi connectivity index (χ1v) is 11.3. The molecule has 0 aliphatic carbocycles. The molecule has 0 unspecified atom stereocenters. The fourth-order valence-electron chi connectivity index (χ4n) is 3.98. The van der Waals surface area contributed by atoms with Crippen LogP contribution < -0.4 is 19.7 Å². The molecule has 3 aromatic rings. The van der Waals surface area contributed by atoms with Crippen LogP contribution in [-0.4, -0.2) is 62.0 Å². The lowest BCUT2D eigenvalue weighted by Crippen LogP contribution is -2.29. The Morgan fingerprint density at radius 1 is 1.03 bits per heavy atom. The van der Waals surface area contributed by atoms with Crippen LogP contribution in [-0.2, 0) is 4.79 Å². The molecule has 1 N–H and O–H groups in total. The molecule has 0 spiro atoms. The number of amides is 1. The number of rotatable bonds is 6. The monoisotopic (exact) mass is 488 g/mol. The van der Waals surface area contributed by atoms with Gasteiger partial charge < -0.3 is 24.6 Å². The van der Waals surface area contributed by atoms with Gasteiger partial charge in [0.15, 0.2) is 6.61 Å². The number of anilines is 2. The minimum absolute atomic E-state index is 0.250. The van der Waals surface area contributed by atoms with E-state index in [1.807, 2.05) is 19.1 Å². The molecule has 1 fully saturated rings. The number of carbonyl (C=O) groups is 1. The summed E-state index contributed by atoms with van der Waals surface area (Å²) in [6.07, 6.45) is -3.67. The van der Waals surface area contributed by atoms with Crippen LogP contribution in [0.2, 0.25) is 0 Å². The van der Waals surface area contributed by atoms with Crippen molar-refractivity contribution in [3.8, 4) is 11.5 Å². The van der Waals surface area contributed by atoms with E-state index in [9.17, 15) is 18.0 Å². The van der Waals surface area contributed by atoms with Crippen molar-refractivity contribution < 1.29 is 27.4 Å². The van der Waals surface area contributed by atoms with E-state index in [-0.39, 0.29) is 18.1 Å². The zero-order valence-corrected chi connectivity index (χ0v) is 19.6. The fraction of sp³-hybridized carbons (Fsp3) is 0.360. The molecule has 35 heavy (non-hydrogen) atoms. The first-order valence-electron chi connectivity index (χ1n) is 11.3. The Balaban J connectivity index is 1.37. The number of benzene rings is 2. The molecule has 2 heterocycles. The second-order valence-corrected chi connectivity index (χ2v) is 8.53. The number of hydrogen-bond donors (Lipinski definition) is 1. The molecule has 7 nitrogen and oxygen atoms in total. The molecule has 1 saturated heterocycles. The maximum Gasteiger partial charge on any atom is 0.573 e. The number of aromatic nitrogens is 1. The number of hydrogen-bond acceptors (Lipinski definition) is 6. The van der Waals surface area contributed by atoms with Crippen molar-refractivity contribution in [2.45, 2.75) is 19.7 Å². The van der Waals surface area contributed by atoms with Gasteiger partial charge in [0.2, 0.25) is 0 Å². The van der Waals surface area contributed by atoms with Crippen LogP contribution in [0.5, 0.6) is 11.5 Å². The van der Waals surface area contributed by atoms with Gasteiger partial charge >= 0.3 is 6.36 Å². The van der Waals surface area contributed by atoms with Gasteiger partial charge in [0.1, 0.15) is 17.3 Å². The largest absolute Gasteiger partial charge is 0.573 e. The highest BCUT2D eigenvalue weighted by Crippen LogP contribution is 2.27. The summed E-state index contributed by atoms with van der Waals surface area (Å²) in [5, 5.41) is 3.73. The summed E-state index contributed by atoms with van der Waals surface area (Å²) in [4.78, 5) is 21.8. The summed E-state index contributed by atoms with van der Waals surface area (Å²) in [7, 11) is 2.13. The Labute approximate surface area is 201 Å². The molecule has 1 amide bonds. The van der Waals surface area contributed by atoms with Gasteiger partial charge in [-0.1, -0.05) is 0 Å². The smallest absolute Gasteiger partial charge is 0.484 e. The summed E-state index contributed by atoms with van der Waals surface area (Å²) in [5.74, 6) is 0.458. The molecule has 0 radical (unpaired) electrons. The third-order valence-corrected chi connectivity index (χ3v) is 5.76. The first kappa shape index (κ1) is 24.6. The van der Waals surface area contributed by atoms with Crippen molar-refractivity contribution in [3.63, 3.8) is 0 Å². The highest BCUT2D eigenvalue weighted by atomic mass is 19.4. The third kappa shape index (κ3) is 6.75. The van der Waals surface area contributed by atoms with Gasteiger partial charge in [-0.25, -0.2) is 4.98 Å². The number of halogens is 3. The van der Waals surface area contributed by atoms with Crippen LogP contribution in [0, 0.1) is 6.92 Å². The van der Waals surface area contributed by atoms with E-state index in [1.165, 1.54) is 12.1 Å². The molecule has 186 valence electrons. The molecule has 1 aliphatic heterocycles. The predicted molar refractivity (Wildman–Crippen MR) is 128 cm³/mol. The van der Waals surface area contributed by atoms with Crippen LogP contribution in [0.1, 0.15) is 12.0 Å². The molecule has 1 aromatic heterocycles. The summed E-state index contributed by atoms with van der Waals surface area (Å²) < 4.78 is 45.9. The Bertz CT molecular complexity index is 1190. The molecular weight excluding hydrogens is 461 g/mol. The molecule has 0 atom stereocenters. The standard InChI is InChI=1S/C25H27F3N4O3/c1-17-14-23(32-11-3-10-31(2)12-13-32)30-22-9-4-18(15-21(17)22)29-24(33)16-34-19-5-7-20(8-6-19)35-25(26,27)28/h4-9,14-15H,3,10-13,16H2,1-2H3,(H,29,33). The molecule has 2 aromatic carbocycles. The molecule has 1 aliphatic rings. The molecule has 0 saturated carbocycles. The van der Waals surface area contributed by atoms with E-state index in [4.69, 9.17) is 9.72 Å². The first-order chi connectivity index (χ1) is 16.7. The predicted octanol–water partition coefficient (Wildman–Crippen LogP) is 4.60. The quantitative estimate of drug-likeness (QED) is 0.547. The van der Waals surface area contributed by atoms with Gasteiger partial charge in [-0.2, -0.15) is 0 Å². The number of aryl methyl sites for hydroxylation is 1. The van der Waals surface area contributed by atoms with Crippen molar-refractivity contribution in [2.24, 2.45) is 0 Å². The van der Waals surface area contributed by atoms with Gasteiger partial charge in [0, 0.05) is 30.7 Å². The molecule has 10 heteroatoms. The second kappa shape index (κ2) is 10.4. The lowest BCUT2D eigenvalue weighted by Gasteiger charge is -2.22. The van der Waals surface area contributed by atoms with Crippen LogP contribution >= 0.6 is 0 Å². The lowest BCUT2D eigenvalue weighted by atomic mass is 10.1. The maximum atomic E-state index is 12.3. The summed E-state index contributed by atoms with van der Waals surface area (Å²) in [6, 6.07) is 12.5. The van der Waals surface area contributed by atoms with E-state index in [0.717, 1.165) is 67.0 Å². The van der Waals surface area contributed by atoms with Crippen molar-refractivity contribution in [3.05, 3.63) is 54.1 Å². The van der Waals surface area contributed by atoms with Gasteiger partial charge in [-0.3, -0.25) is 4.79 Å². The van der Waals surface area contributed by atoms with Crippen LogP contribution in [0.3, 0.4) is 0 Å². The third-order valence-electron chi connectivity index (χ3n) is 5.76. The van der Waals surface area contributed by atoms with Crippen LogP contribution in [0.15, 0.2) is 48.5 Å². The second-order valence-electron chi connectivity index (χ2n) is 8.53. The van der Waals surface area contributed by atoms with Crippen LogP contribution in [0.4, 0.5) is 24.7 Å². The number of fused-ring (bicyclic) bond motifs is 1. The van der Waals surface area contributed by atoms with Gasteiger partial charge in [0.25, 0.3) is 5.91 Å². The SMILES string of the molecule is Cc1cc(N2CCCN(C)CC2)nc2ccc(NC(=O)COc3ccc(OC(F)(F)F)cc3)cc12. The Kier molecular flexibility index (Phi) is 7.30. The normalized spacial score (nSPS) is 15.1. The fourth-order valence-corrected chi connectivity index (χ4v) is 3.98. The molecule has 0 bridgehead atoms. The topological polar surface area (TPSA) is 66.9 Å². The number of nitrogens with zero attached hydrogens (tertiary/aromatic N) is 3. The summed E-state index contributed by atoms with van der Waals surface area (Å²) in [6.45, 7) is 5.70. The number of likely N-dealkylation sites (N-methyl/N-ethyl adjacent to an activating group) is 1. The minimum atomic E-state index is -4.76. The highest BCUT2D eigenvalue weighted by molar-refractivity contribution is 5.95. The van der Waals surface area contributed by atoms with Crippen LogP contribution in [0.25, 0.3) is 10.9 Å². The average Bonchev–Trinajstić information content (AvgIpc) is 3.02. The summed E-state index contributed by atoms with van der Waals surface area (Å²) in [5.41, 5.74) is 2.53. The zero-order valence-electron chi connectivity index (χ0n) is 19.6. The number of nitrogens with one attached hydrogen (secondary N) is 1. The Morgan fingerprint density at radius 2 is 1.77 bits per heavy atom. The van der Waals surface area contributed by atoms with Crippen molar-refractivity contribution in [1.29, 1.82) is 0 Å². The maximum absolute atomic E-state index is 12.3. The van der Waals surface area contributed by atoms with E-state index in [1.54, 1.807) is 6.07 Å². The Hall–Kier alpha value is -3.53. The van der Waals surface area contributed by atoms with Gasteiger partial charge in [0.05, 0.1) is 5.52 Å². The number of pyridine rings is 1. The van der Waals surface area contributed by atoms with Crippen molar-refractivity contribution in [1.82, 2.24) is 9.88 Å². The number of carbonyl (C=O) groups excluding carboxylic acids is 1. The lowest BCUT2D eigenvalue weighted by molar-refractivity contribution is -0.274. The van der Waals surface area contributed by atoms with E-state index >= 15 is 0 Å². The molecular formula is C25H27F3N4O3. The van der Waals surface area contributed by atoms with E-state index in [2.05, 4.69) is 33.0 Å². The summed E-state index contributed by atoms with van der Waals surface area (Å²) >= 11 is 0. The number of alkyl halides is 3. The van der Waals surface area contributed by atoms with E-state index in [0.29, 0.717) is 5.69 Å².